The van der Waals surface area contributed by atoms with Gasteiger partial charge in [0.2, 0.25) is 0 Å². The molecule has 1 aromatic carbocycles. The summed E-state index contributed by atoms with van der Waals surface area (Å²) < 4.78 is 12.5. The molecule has 0 aromatic heterocycles. The Kier molecular flexibility index (Phi) is 7.14. The fourth-order valence-corrected chi connectivity index (χ4v) is 2.83. The van der Waals surface area contributed by atoms with Gasteiger partial charge in [0.15, 0.2) is 0 Å². The van der Waals surface area contributed by atoms with E-state index in [1.807, 2.05) is 24.3 Å². The van der Waals surface area contributed by atoms with Gasteiger partial charge in [-0.1, -0.05) is 22.0 Å². The lowest BCUT2D eigenvalue weighted by molar-refractivity contribution is 0.0128. The summed E-state index contributed by atoms with van der Waals surface area (Å²) in [5.74, 6) is 1.50. The van der Waals surface area contributed by atoms with Crippen LogP contribution in [0.4, 0.5) is 0 Å². The molecule has 1 aliphatic rings. The molecule has 0 bridgehead atoms. The number of ether oxygens (including phenoxy) is 2. The van der Waals surface area contributed by atoms with Gasteiger partial charge in [0.25, 0.3) is 0 Å². The molecule has 3 nitrogen and oxygen atoms in total. The predicted molar refractivity (Wildman–Crippen MR) is 85.8 cm³/mol. The van der Waals surface area contributed by atoms with Crippen molar-refractivity contribution in [3.63, 3.8) is 0 Å². The zero-order chi connectivity index (χ0) is 14.2. The van der Waals surface area contributed by atoms with Crippen molar-refractivity contribution in [2.75, 3.05) is 38.7 Å². The monoisotopic (exact) mass is 361 g/mol. The van der Waals surface area contributed by atoms with E-state index in [1.165, 1.54) is 0 Å². The van der Waals surface area contributed by atoms with Gasteiger partial charge in [0.1, 0.15) is 12.4 Å². The summed E-state index contributed by atoms with van der Waals surface area (Å²) in [5.41, 5.74) is 0. The molecule has 112 valence electrons. The number of likely N-dealkylation sites (tertiary alicyclic amines) is 1. The summed E-state index contributed by atoms with van der Waals surface area (Å²) in [6, 6.07) is 7.96. The normalized spacial score (nSPS) is 17.3. The molecule has 0 N–H and O–H groups in total. The van der Waals surface area contributed by atoms with E-state index in [-0.39, 0.29) is 0 Å². The van der Waals surface area contributed by atoms with E-state index >= 15 is 0 Å². The van der Waals surface area contributed by atoms with Crippen molar-refractivity contribution in [1.29, 1.82) is 0 Å². The number of rotatable bonds is 7. The highest BCUT2D eigenvalue weighted by Gasteiger charge is 2.19. The molecule has 0 aliphatic carbocycles. The lowest BCUT2D eigenvalue weighted by Gasteiger charge is -2.31. The fourth-order valence-electron chi connectivity index (χ4n) is 2.36. The third-order valence-electron chi connectivity index (χ3n) is 3.44. The molecule has 0 radical (unpaired) electrons. The first-order valence-electron chi connectivity index (χ1n) is 7.06. The number of hydrogen-bond acceptors (Lipinski definition) is 3. The minimum Gasteiger partial charge on any atom is -0.492 e. The Morgan fingerprint density at radius 3 is 2.75 bits per heavy atom. The Morgan fingerprint density at radius 2 is 2.05 bits per heavy atom. The number of hydrogen-bond donors (Lipinski definition) is 0. The van der Waals surface area contributed by atoms with Crippen molar-refractivity contribution in [1.82, 2.24) is 4.90 Å². The van der Waals surface area contributed by atoms with E-state index in [2.05, 4.69) is 20.8 Å². The third-order valence-corrected chi connectivity index (χ3v) is 4.09. The third kappa shape index (κ3) is 5.60. The van der Waals surface area contributed by atoms with Crippen LogP contribution in [0.15, 0.2) is 28.7 Å². The van der Waals surface area contributed by atoms with Crippen LogP contribution in [0.1, 0.15) is 12.8 Å². The molecular formula is C15H21BrClNO2. The molecule has 1 fully saturated rings. The maximum Gasteiger partial charge on any atom is 0.120 e. The van der Waals surface area contributed by atoms with Gasteiger partial charge >= 0.3 is 0 Å². The molecule has 0 saturated carbocycles. The van der Waals surface area contributed by atoms with Crippen LogP contribution < -0.4 is 4.74 Å². The minimum atomic E-state index is 0.385. The van der Waals surface area contributed by atoms with Gasteiger partial charge in [0.05, 0.1) is 12.7 Å². The van der Waals surface area contributed by atoms with Gasteiger partial charge in [0, 0.05) is 30.0 Å². The summed E-state index contributed by atoms with van der Waals surface area (Å²) in [6.07, 6.45) is 2.57. The standard InChI is InChI=1S/C15H21BrClNO2/c16-13-2-1-3-15(12-13)20-11-9-18-7-4-14(5-8-18)19-10-6-17/h1-3,12,14H,4-11H2. The molecule has 0 atom stereocenters. The molecule has 0 spiro atoms. The highest BCUT2D eigenvalue weighted by Crippen LogP contribution is 2.18. The number of nitrogens with zero attached hydrogens (tertiary/aromatic N) is 1. The Labute approximate surface area is 134 Å². The van der Waals surface area contributed by atoms with Crippen LogP contribution >= 0.6 is 27.5 Å². The van der Waals surface area contributed by atoms with Gasteiger partial charge < -0.3 is 9.47 Å². The molecule has 0 unspecified atom stereocenters. The first kappa shape index (κ1) is 16.1. The Hall–Kier alpha value is -0.290. The molecule has 1 aliphatic heterocycles. The number of benzene rings is 1. The predicted octanol–water partition coefficient (Wildman–Crippen LogP) is 3.55. The highest BCUT2D eigenvalue weighted by molar-refractivity contribution is 9.10. The number of halogens is 2. The molecular weight excluding hydrogens is 342 g/mol. The zero-order valence-corrected chi connectivity index (χ0v) is 13.9. The summed E-state index contributed by atoms with van der Waals surface area (Å²) in [6.45, 7) is 4.51. The first-order chi connectivity index (χ1) is 9.78. The van der Waals surface area contributed by atoms with Crippen molar-refractivity contribution < 1.29 is 9.47 Å². The number of alkyl halides is 1. The van der Waals surface area contributed by atoms with Crippen molar-refractivity contribution in [3.05, 3.63) is 28.7 Å². The van der Waals surface area contributed by atoms with Crippen LogP contribution in [0.25, 0.3) is 0 Å². The average molecular weight is 363 g/mol. The summed E-state index contributed by atoms with van der Waals surface area (Å²) >= 11 is 9.08. The van der Waals surface area contributed by atoms with E-state index < -0.39 is 0 Å². The van der Waals surface area contributed by atoms with Crippen LogP contribution in [0.5, 0.6) is 5.75 Å². The quantitative estimate of drug-likeness (QED) is 0.692. The number of piperidine rings is 1. The molecule has 20 heavy (non-hydrogen) atoms. The van der Waals surface area contributed by atoms with Gasteiger partial charge in [-0.15, -0.1) is 11.6 Å². The van der Waals surface area contributed by atoms with E-state index in [0.29, 0.717) is 18.6 Å². The van der Waals surface area contributed by atoms with Crippen LogP contribution in [0.2, 0.25) is 0 Å². The summed E-state index contributed by atoms with van der Waals surface area (Å²) in [7, 11) is 0. The van der Waals surface area contributed by atoms with Crippen LogP contribution in [0, 0.1) is 0 Å². The van der Waals surface area contributed by atoms with E-state index in [4.69, 9.17) is 21.1 Å². The van der Waals surface area contributed by atoms with Crippen LogP contribution in [-0.4, -0.2) is 49.7 Å². The molecule has 1 saturated heterocycles. The fraction of sp³-hybridized carbons (Fsp3) is 0.600. The molecule has 0 amide bonds. The highest BCUT2D eigenvalue weighted by atomic mass is 79.9. The minimum absolute atomic E-state index is 0.385. The Bertz CT molecular complexity index is 397. The largest absolute Gasteiger partial charge is 0.492 e. The molecule has 5 heteroatoms. The molecule has 2 rings (SSSR count). The van der Waals surface area contributed by atoms with E-state index in [1.54, 1.807) is 0 Å². The lowest BCUT2D eigenvalue weighted by Crippen LogP contribution is -2.39. The average Bonchev–Trinajstić information content (AvgIpc) is 2.46. The molecule has 1 aromatic rings. The van der Waals surface area contributed by atoms with Gasteiger partial charge in [-0.3, -0.25) is 4.90 Å². The van der Waals surface area contributed by atoms with Gasteiger partial charge in [-0.2, -0.15) is 0 Å². The molecule has 1 heterocycles. The van der Waals surface area contributed by atoms with Crippen molar-refractivity contribution in [3.8, 4) is 5.75 Å². The van der Waals surface area contributed by atoms with Gasteiger partial charge in [-0.05, 0) is 31.0 Å². The zero-order valence-electron chi connectivity index (χ0n) is 11.6. The SMILES string of the molecule is ClCCOC1CCN(CCOc2cccc(Br)c2)CC1. The van der Waals surface area contributed by atoms with E-state index in [0.717, 1.165) is 49.3 Å². The Balaban J connectivity index is 1.61. The van der Waals surface area contributed by atoms with Gasteiger partial charge in [-0.25, -0.2) is 0 Å². The second kappa shape index (κ2) is 8.88. The lowest BCUT2D eigenvalue weighted by atomic mass is 10.1. The van der Waals surface area contributed by atoms with Crippen LogP contribution in [0.3, 0.4) is 0 Å². The van der Waals surface area contributed by atoms with Crippen molar-refractivity contribution >= 4 is 27.5 Å². The van der Waals surface area contributed by atoms with Crippen molar-refractivity contribution in [2.45, 2.75) is 18.9 Å². The smallest absolute Gasteiger partial charge is 0.120 e. The second-order valence-electron chi connectivity index (χ2n) is 4.91. The topological polar surface area (TPSA) is 21.7 Å². The van der Waals surface area contributed by atoms with Crippen LogP contribution in [-0.2, 0) is 4.74 Å². The maximum atomic E-state index is 5.76. The van der Waals surface area contributed by atoms with Crippen molar-refractivity contribution in [2.24, 2.45) is 0 Å². The van der Waals surface area contributed by atoms with E-state index in [9.17, 15) is 0 Å². The summed E-state index contributed by atoms with van der Waals surface area (Å²) in [4.78, 5) is 2.43. The second-order valence-corrected chi connectivity index (χ2v) is 6.20. The summed E-state index contributed by atoms with van der Waals surface area (Å²) in [5, 5.41) is 0. The first-order valence-corrected chi connectivity index (χ1v) is 8.39. The Morgan fingerprint density at radius 1 is 1.25 bits per heavy atom. The maximum absolute atomic E-state index is 5.76.